The van der Waals surface area contributed by atoms with Crippen molar-refractivity contribution in [1.29, 1.82) is 0 Å². The van der Waals surface area contributed by atoms with Crippen molar-refractivity contribution in [2.24, 2.45) is 0 Å². The van der Waals surface area contributed by atoms with Crippen LogP contribution in [0.15, 0.2) is 127 Å². The molecule has 0 aromatic heterocycles. The quantitative estimate of drug-likeness (QED) is 0.159. The third-order valence-electron chi connectivity index (χ3n) is 19.5. The van der Waals surface area contributed by atoms with E-state index in [0.29, 0.717) is 5.56 Å². The topological polar surface area (TPSA) is 6.48 Å². The molecule has 5 aliphatic rings. The second-order valence-electron chi connectivity index (χ2n) is 27.7. The lowest BCUT2D eigenvalue weighted by Crippen LogP contribution is -2.62. The third-order valence-corrected chi connectivity index (χ3v) is 19.5. The molecule has 0 spiro atoms. The Morgan fingerprint density at radius 1 is 0.438 bits per heavy atom. The normalized spacial score (nSPS) is 20.6. The van der Waals surface area contributed by atoms with Gasteiger partial charge < -0.3 is 9.80 Å². The van der Waals surface area contributed by atoms with Crippen LogP contribution in [0.5, 0.6) is 0 Å². The van der Waals surface area contributed by atoms with Crippen LogP contribution < -0.4 is 26.2 Å². The molecule has 0 saturated carbocycles. The van der Waals surface area contributed by atoms with Crippen molar-refractivity contribution >= 4 is 57.2 Å². The first-order chi connectivity index (χ1) is 35.4. The Labute approximate surface area is 444 Å². The highest BCUT2D eigenvalue weighted by Gasteiger charge is 2.50. The van der Waals surface area contributed by atoms with Crippen molar-refractivity contribution in [2.45, 2.75) is 181 Å². The van der Waals surface area contributed by atoms with E-state index in [2.05, 4.69) is 241 Å². The molecule has 0 radical (unpaired) electrons. The van der Waals surface area contributed by atoms with Gasteiger partial charge in [0.25, 0.3) is 6.71 Å². The Hall–Kier alpha value is -5.80. The molecule has 372 valence electrons. The molecule has 2 nitrogen and oxygen atoms in total. The lowest BCUT2D eigenvalue weighted by atomic mass is 9.32. The Morgan fingerprint density at radius 2 is 0.877 bits per heavy atom. The number of rotatable bonds is 5. The smallest absolute Gasteiger partial charge is 0.252 e. The van der Waals surface area contributed by atoms with E-state index in [9.17, 15) is 4.11 Å². The molecule has 0 atom stereocenters. The molecular weight excluding hydrogens is 880 g/mol. The number of anilines is 6. The summed E-state index contributed by atoms with van der Waals surface area (Å²) in [6.07, 6.45) is 5.46. The minimum absolute atomic E-state index is 0.0239. The standard InChI is InChI=1S/C70H79BN2/c1-43-33-61-63-62(34-43)73(58-39-54-49(35-44(58)2)68(11,12)42-69(54,13)14)60-41-53-51(65(5,6)30-32-67(53,9)10)38-56(60)71(63)55-37-50-52(66(7,8)31-29-64(50,3)4)40-59(55)72(61)57-28-27-47(36-48(57)45-23-19-17-20-24-45)70(15,16)46-25-21-18-22-26-46/h17-28,33-41H,29-32,42H2,1-16H3/i1D3. The van der Waals surface area contributed by atoms with Gasteiger partial charge in [-0.15, -0.1) is 0 Å². The minimum atomic E-state index is -2.40. The van der Waals surface area contributed by atoms with Crippen LogP contribution in [0.4, 0.5) is 34.1 Å². The van der Waals surface area contributed by atoms with Crippen LogP contribution in [0.25, 0.3) is 11.1 Å². The van der Waals surface area contributed by atoms with Gasteiger partial charge in [0.05, 0.1) is 5.69 Å². The summed E-state index contributed by atoms with van der Waals surface area (Å²) in [5.74, 6) is 0. The largest absolute Gasteiger partial charge is 0.311 e. The van der Waals surface area contributed by atoms with Gasteiger partial charge in [0.15, 0.2) is 0 Å². The maximum Gasteiger partial charge on any atom is 0.252 e. The lowest BCUT2D eigenvalue weighted by molar-refractivity contribution is 0.332. The molecule has 0 unspecified atom stereocenters. The first-order valence-corrected chi connectivity index (χ1v) is 27.5. The van der Waals surface area contributed by atoms with Crippen molar-refractivity contribution in [2.75, 3.05) is 9.80 Å². The average molecular weight is 962 g/mol. The summed E-state index contributed by atoms with van der Waals surface area (Å²) in [6.45, 7) is 33.5. The highest BCUT2D eigenvalue weighted by Crippen LogP contribution is 2.56. The molecule has 73 heavy (non-hydrogen) atoms. The maximum absolute atomic E-state index is 9.39. The Bertz CT molecular complexity index is 3550. The van der Waals surface area contributed by atoms with E-state index in [0.717, 1.165) is 71.7 Å². The first-order valence-electron chi connectivity index (χ1n) is 29.0. The van der Waals surface area contributed by atoms with Crippen molar-refractivity contribution in [3.8, 4) is 11.1 Å². The van der Waals surface area contributed by atoms with Gasteiger partial charge >= 0.3 is 0 Å². The van der Waals surface area contributed by atoms with E-state index in [1.54, 1.807) is 0 Å². The first kappa shape index (κ1) is 44.7. The van der Waals surface area contributed by atoms with E-state index < -0.39 is 6.85 Å². The number of hydrogen-bond donors (Lipinski definition) is 0. The molecule has 0 bridgehead atoms. The number of aryl methyl sites for hydroxylation is 2. The Kier molecular flexibility index (Phi) is 9.56. The summed E-state index contributed by atoms with van der Waals surface area (Å²) in [7, 11) is 0. The molecule has 0 N–H and O–H groups in total. The van der Waals surface area contributed by atoms with E-state index in [1.807, 2.05) is 0 Å². The molecule has 3 aliphatic carbocycles. The van der Waals surface area contributed by atoms with E-state index in [1.165, 1.54) is 72.1 Å². The van der Waals surface area contributed by atoms with Crippen LogP contribution in [-0.4, -0.2) is 6.71 Å². The minimum Gasteiger partial charge on any atom is -0.311 e. The SMILES string of the molecule is [2H]C([2H])([2H])c1cc2c3c(c1)N(c1ccc(C(C)(C)c4ccccc4)cc1-c1ccccc1)c1cc4c(cc1B3c1cc3c(cc1N2c1cc2c(cc1C)C(C)(C)CC2(C)C)C(C)(C)CCC3(C)C)C(C)(C)CCC4(C)C. The molecule has 2 heterocycles. The fourth-order valence-electron chi connectivity index (χ4n) is 15.0. The van der Waals surface area contributed by atoms with Gasteiger partial charge in [-0.3, -0.25) is 0 Å². The van der Waals surface area contributed by atoms with Gasteiger partial charge in [-0.25, -0.2) is 0 Å². The second-order valence-corrected chi connectivity index (χ2v) is 27.7. The zero-order chi connectivity index (χ0) is 54.2. The van der Waals surface area contributed by atoms with Crippen LogP contribution >= 0.6 is 0 Å². The second kappa shape index (κ2) is 15.6. The zero-order valence-electron chi connectivity index (χ0n) is 49.6. The predicted molar refractivity (Wildman–Crippen MR) is 315 cm³/mol. The van der Waals surface area contributed by atoms with Gasteiger partial charge in [-0.1, -0.05) is 182 Å². The van der Waals surface area contributed by atoms with E-state index in [-0.39, 0.29) is 44.6 Å². The van der Waals surface area contributed by atoms with E-state index in [4.69, 9.17) is 0 Å². The summed E-state index contributed by atoms with van der Waals surface area (Å²) in [4.78, 5) is 5.04. The summed E-state index contributed by atoms with van der Waals surface area (Å²) < 4.78 is 28.2. The van der Waals surface area contributed by atoms with Gasteiger partial charge in [0.2, 0.25) is 0 Å². The summed E-state index contributed by atoms with van der Waals surface area (Å²) in [5, 5.41) is 0. The van der Waals surface area contributed by atoms with Gasteiger partial charge in [-0.05, 0) is 198 Å². The van der Waals surface area contributed by atoms with Crippen LogP contribution in [0.1, 0.15) is 189 Å². The predicted octanol–water partition coefficient (Wildman–Crippen LogP) is 17.0. The molecule has 0 fully saturated rings. The maximum atomic E-state index is 9.39. The number of nitrogens with zero attached hydrogens (tertiary/aromatic N) is 2. The van der Waals surface area contributed by atoms with Gasteiger partial charge in [0, 0.05) is 43.5 Å². The third kappa shape index (κ3) is 7.16. The number of fused-ring (bicyclic) bond motifs is 7. The van der Waals surface area contributed by atoms with Crippen LogP contribution in [-0.2, 0) is 37.9 Å². The zero-order valence-corrected chi connectivity index (χ0v) is 46.6. The molecule has 0 saturated heterocycles. The van der Waals surface area contributed by atoms with Crippen molar-refractivity contribution in [3.05, 3.63) is 183 Å². The molecular formula is C70H79BN2. The van der Waals surface area contributed by atoms with Crippen LogP contribution in [0, 0.1) is 13.8 Å². The van der Waals surface area contributed by atoms with E-state index >= 15 is 0 Å². The molecule has 7 aromatic carbocycles. The number of benzene rings is 7. The fraction of sp³-hybridized carbons (Fsp3) is 0.400. The summed E-state index contributed by atoms with van der Waals surface area (Å²) >= 11 is 0. The van der Waals surface area contributed by atoms with Crippen molar-refractivity contribution < 1.29 is 4.11 Å². The summed E-state index contributed by atoms with van der Waals surface area (Å²) in [6, 6.07) is 48.3. The van der Waals surface area contributed by atoms with Crippen molar-refractivity contribution in [3.63, 3.8) is 0 Å². The molecule has 2 aliphatic heterocycles. The Morgan fingerprint density at radius 3 is 1.38 bits per heavy atom. The average Bonchev–Trinajstić information content (AvgIpc) is 3.68. The molecule has 0 amide bonds. The molecule has 12 rings (SSSR count). The number of hydrogen-bond acceptors (Lipinski definition) is 2. The molecule has 7 aromatic rings. The van der Waals surface area contributed by atoms with Crippen LogP contribution in [0.2, 0.25) is 0 Å². The highest BCUT2D eigenvalue weighted by molar-refractivity contribution is 7.00. The van der Waals surface area contributed by atoms with Crippen LogP contribution in [0.3, 0.4) is 0 Å². The highest BCUT2D eigenvalue weighted by atomic mass is 15.2. The lowest BCUT2D eigenvalue weighted by Gasteiger charge is -2.49. The fourth-order valence-corrected chi connectivity index (χ4v) is 15.0. The van der Waals surface area contributed by atoms with Crippen molar-refractivity contribution in [1.82, 2.24) is 0 Å². The summed E-state index contributed by atoms with van der Waals surface area (Å²) in [5.41, 5.74) is 24.3. The van der Waals surface area contributed by atoms with Gasteiger partial charge in [-0.2, -0.15) is 0 Å². The Balaban J connectivity index is 1.25. The molecule has 3 heteroatoms. The van der Waals surface area contributed by atoms with Gasteiger partial charge in [0.1, 0.15) is 0 Å². The monoisotopic (exact) mass is 962 g/mol.